The van der Waals surface area contributed by atoms with E-state index in [1.54, 1.807) is 48.5 Å². The molecule has 6 aromatic carbocycles. The second-order valence-corrected chi connectivity index (χ2v) is 9.92. The Kier molecular flexibility index (Phi) is 3.42. The molecule has 0 saturated heterocycles. The first-order chi connectivity index (χ1) is 26.7. The largest absolute Gasteiger partial charge is 0.456 e. The molecule has 0 saturated carbocycles. The Labute approximate surface area is 268 Å². The topological polar surface area (TPSA) is 65.0 Å². The molecule has 5 nitrogen and oxygen atoms in total. The van der Waals surface area contributed by atoms with Crippen LogP contribution in [0.15, 0.2) is 148 Å². The molecule has 0 fully saturated rings. The summed E-state index contributed by atoms with van der Waals surface area (Å²) in [6.45, 7) is 0. The highest BCUT2D eigenvalue weighted by Crippen LogP contribution is 2.39. The number of benzene rings is 6. The minimum atomic E-state index is -0.595. The number of hydrogen-bond donors (Lipinski definition) is 0. The van der Waals surface area contributed by atoms with E-state index >= 15 is 0 Å². The molecule has 0 atom stereocenters. The molecule has 0 aliphatic rings. The third kappa shape index (κ3) is 3.91. The maximum Gasteiger partial charge on any atom is 0.167 e. The lowest BCUT2D eigenvalue weighted by atomic mass is 9.98. The van der Waals surface area contributed by atoms with Crippen molar-refractivity contribution < 1.29 is 25.3 Å². The van der Waals surface area contributed by atoms with Crippen molar-refractivity contribution in [2.45, 2.75) is 0 Å². The summed E-state index contributed by atoms with van der Waals surface area (Å²) in [5, 5.41) is 1.71. The minimum Gasteiger partial charge on any atom is -0.456 e. The van der Waals surface area contributed by atoms with Gasteiger partial charge in [-0.05, 0) is 41.4 Å². The van der Waals surface area contributed by atoms with Crippen LogP contribution in [0.2, 0.25) is 0 Å². The van der Waals surface area contributed by atoms with Crippen LogP contribution >= 0.6 is 0 Å². The Balaban J connectivity index is 1.33. The van der Waals surface area contributed by atoms with Gasteiger partial charge in [-0.1, -0.05) is 109 Å². The molecule has 206 valence electrons. The van der Waals surface area contributed by atoms with Crippen LogP contribution in [0.1, 0.15) is 16.4 Å². The van der Waals surface area contributed by atoms with E-state index in [1.807, 2.05) is 0 Å². The molecule has 0 radical (unpaired) electrons. The van der Waals surface area contributed by atoms with Gasteiger partial charge in [0.25, 0.3) is 0 Å². The molecular weight excluding hydrogens is 542 g/mol. The summed E-state index contributed by atoms with van der Waals surface area (Å²) in [6.07, 6.45) is 0. The Bertz CT molecular complexity index is 3170. The molecular formula is C39H23N3O2. The highest BCUT2D eigenvalue weighted by Gasteiger charge is 2.18. The van der Waals surface area contributed by atoms with Crippen LogP contribution in [0.5, 0.6) is 0 Å². The zero-order valence-corrected chi connectivity index (χ0v) is 22.5. The van der Waals surface area contributed by atoms with Crippen LogP contribution in [-0.2, 0) is 0 Å². The molecule has 0 spiro atoms. The van der Waals surface area contributed by atoms with Crippen molar-refractivity contribution in [1.29, 1.82) is 0 Å². The van der Waals surface area contributed by atoms with E-state index < -0.39 is 30.2 Å². The standard InChI is InChI=1S/C39H23N3O2/c1-2-11-24(12-3-1)37-40-38(42-39(41-37)31-19-9-18-29-28-15-4-6-20-32(28)44-36(29)31)26-14-8-13-25(23-26)27-17-10-22-34-35(27)30-16-5-7-21-33(30)43-34/h1-23H/i1D,2D,3D,4D,5D,7D,9D,11D,12D,17D,21D,22D. The Morgan fingerprint density at radius 1 is 0.455 bits per heavy atom. The lowest BCUT2D eigenvalue weighted by Crippen LogP contribution is -2.00. The Hall–Kier alpha value is -6.07. The van der Waals surface area contributed by atoms with Gasteiger partial charge in [0.2, 0.25) is 0 Å². The van der Waals surface area contributed by atoms with Gasteiger partial charge in [-0.25, -0.2) is 15.0 Å². The highest BCUT2D eigenvalue weighted by atomic mass is 16.3. The molecule has 0 unspecified atom stereocenters. The highest BCUT2D eigenvalue weighted by molar-refractivity contribution is 6.12. The quantitative estimate of drug-likeness (QED) is 0.208. The second kappa shape index (κ2) is 9.75. The van der Waals surface area contributed by atoms with Crippen molar-refractivity contribution in [3.05, 3.63) is 139 Å². The van der Waals surface area contributed by atoms with Crippen LogP contribution in [0.4, 0.5) is 0 Å². The zero-order chi connectivity index (χ0) is 39.5. The van der Waals surface area contributed by atoms with Crippen molar-refractivity contribution in [3.63, 3.8) is 0 Å². The van der Waals surface area contributed by atoms with Crippen molar-refractivity contribution in [1.82, 2.24) is 15.0 Å². The average Bonchev–Trinajstić information content (AvgIpc) is 3.74. The molecule has 0 N–H and O–H groups in total. The fourth-order valence-corrected chi connectivity index (χ4v) is 5.40. The van der Waals surface area contributed by atoms with Gasteiger partial charge in [-0.15, -0.1) is 0 Å². The Morgan fingerprint density at radius 3 is 2.18 bits per heavy atom. The van der Waals surface area contributed by atoms with Gasteiger partial charge in [0.15, 0.2) is 17.5 Å². The van der Waals surface area contributed by atoms with Crippen molar-refractivity contribution >= 4 is 43.9 Å². The number of fused-ring (bicyclic) bond motifs is 6. The van der Waals surface area contributed by atoms with Crippen molar-refractivity contribution in [3.8, 4) is 45.3 Å². The molecule has 0 bridgehead atoms. The third-order valence-electron chi connectivity index (χ3n) is 7.36. The van der Waals surface area contributed by atoms with E-state index in [-0.39, 0.29) is 82.1 Å². The number of aromatic nitrogens is 3. The lowest BCUT2D eigenvalue weighted by molar-refractivity contribution is 0.669. The fraction of sp³-hybridized carbons (Fsp3) is 0. The molecule has 9 rings (SSSR count). The van der Waals surface area contributed by atoms with E-state index in [4.69, 9.17) is 30.3 Å². The number of hydrogen-bond acceptors (Lipinski definition) is 5. The fourth-order valence-electron chi connectivity index (χ4n) is 5.40. The first kappa shape index (κ1) is 15.4. The van der Waals surface area contributed by atoms with Gasteiger partial charge in [-0.2, -0.15) is 0 Å². The number of nitrogens with zero attached hydrogens (tertiary/aromatic N) is 3. The van der Waals surface area contributed by atoms with Crippen molar-refractivity contribution in [2.75, 3.05) is 0 Å². The van der Waals surface area contributed by atoms with Gasteiger partial charge in [0, 0.05) is 32.7 Å². The molecule has 3 heterocycles. The summed E-state index contributed by atoms with van der Waals surface area (Å²) in [5.74, 6) is -0.281. The van der Waals surface area contributed by atoms with Crippen molar-refractivity contribution in [2.24, 2.45) is 0 Å². The molecule has 3 aromatic heterocycles. The van der Waals surface area contributed by atoms with Gasteiger partial charge < -0.3 is 8.83 Å². The zero-order valence-electron chi connectivity index (χ0n) is 34.5. The number of rotatable bonds is 4. The summed E-state index contributed by atoms with van der Waals surface area (Å²) in [4.78, 5) is 14.0. The van der Waals surface area contributed by atoms with Gasteiger partial charge in [-0.3, -0.25) is 0 Å². The lowest BCUT2D eigenvalue weighted by Gasteiger charge is -2.10. The van der Waals surface area contributed by atoms with Gasteiger partial charge in [0.1, 0.15) is 22.3 Å². The first-order valence-corrected chi connectivity index (χ1v) is 13.5. The van der Waals surface area contributed by atoms with Crippen LogP contribution in [0.3, 0.4) is 0 Å². The summed E-state index contributed by atoms with van der Waals surface area (Å²) < 4.78 is 114. The molecule has 9 aromatic rings. The monoisotopic (exact) mass is 577 g/mol. The first-order valence-electron chi connectivity index (χ1n) is 19.5. The molecule has 5 heteroatoms. The van der Waals surface area contributed by atoms with Crippen LogP contribution in [-0.4, -0.2) is 15.0 Å². The number of furan rings is 2. The second-order valence-electron chi connectivity index (χ2n) is 9.92. The molecule has 44 heavy (non-hydrogen) atoms. The molecule has 0 aliphatic heterocycles. The van der Waals surface area contributed by atoms with E-state index in [0.717, 1.165) is 0 Å². The van der Waals surface area contributed by atoms with Crippen LogP contribution in [0.25, 0.3) is 89.2 Å². The summed E-state index contributed by atoms with van der Waals surface area (Å²) >= 11 is 0. The Morgan fingerprint density at radius 2 is 1.25 bits per heavy atom. The maximum absolute atomic E-state index is 8.96. The smallest absolute Gasteiger partial charge is 0.167 e. The third-order valence-corrected chi connectivity index (χ3v) is 7.36. The average molecular weight is 578 g/mol. The van der Waals surface area contributed by atoms with Gasteiger partial charge in [0.05, 0.1) is 22.0 Å². The molecule has 0 aliphatic carbocycles. The summed E-state index contributed by atoms with van der Waals surface area (Å²) in [6, 6.07) is 13.7. The number of para-hydroxylation sites is 3. The van der Waals surface area contributed by atoms with E-state index in [9.17, 15) is 0 Å². The van der Waals surface area contributed by atoms with Crippen LogP contribution < -0.4 is 0 Å². The van der Waals surface area contributed by atoms with Crippen LogP contribution in [0, 0.1) is 0 Å². The van der Waals surface area contributed by atoms with E-state index in [1.165, 1.54) is 18.2 Å². The normalized spacial score (nSPS) is 15.5. The summed E-state index contributed by atoms with van der Waals surface area (Å²) in [7, 11) is 0. The van der Waals surface area contributed by atoms with E-state index in [2.05, 4.69) is 9.97 Å². The molecule has 0 amide bonds. The maximum atomic E-state index is 8.96. The summed E-state index contributed by atoms with van der Waals surface area (Å²) in [5.41, 5.74) is 1.91. The van der Waals surface area contributed by atoms with E-state index in [0.29, 0.717) is 49.4 Å². The predicted molar refractivity (Wildman–Crippen MR) is 176 cm³/mol. The predicted octanol–water partition coefficient (Wildman–Crippen LogP) is 10.3. The van der Waals surface area contributed by atoms with Gasteiger partial charge >= 0.3 is 0 Å². The minimum absolute atomic E-state index is 0.00410. The SMILES string of the molecule is [2H]c1ccc2oc3c(-c4nc(-c5cccc(-c6c([2H])cc([2H])c7oc8c([2H])c([2H])c([2H])cc8c67)c5)nc(-c5c([2H])c([2H])c([2H])c([2H])c5[2H])n4)cc([2H])cc3c2c1.